The monoisotopic (exact) mass is 219 g/mol. The molecule has 0 radical (unpaired) electrons. The third-order valence-electron chi connectivity index (χ3n) is 3.45. The van der Waals surface area contributed by atoms with Crippen LogP contribution < -0.4 is 5.32 Å². The second-order valence-electron chi connectivity index (χ2n) is 4.81. The van der Waals surface area contributed by atoms with Crippen molar-refractivity contribution in [1.29, 1.82) is 0 Å². The van der Waals surface area contributed by atoms with Gasteiger partial charge >= 0.3 is 0 Å². The van der Waals surface area contributed by atoms with Crippen LogP contribution in [-0.4, -0.2) is 16.0 Å². The van der Waals surface area contributed by atoms with E-state index in [0.717, 1.165) is 17.3 Å². The molecule has 0 atom stereocenters. The van der Waals surface area contributed by atoms with Crippen LogP contribution in [0.5, 0.6) is 0 Å². The SMILES string of the molecule is Cc1nc(C)c(C)c(NC2CCCCC2)n1. The normalized spacial score (nSPS) is 17.4. The Morgan fingerprint density at radius 3 is 2.38 bits per heavy atom. The van der Waals surface area contributed by atoms with Crippen LogP contribution in [0.4, 0.5) is 5.82 Å². The van der Waals surface area contributed by atoms with Gasteiger partial charge in [-0.15, -0.1) is 0 Å². The lowest BCUT2D eigenvalue weighted by Crippen LogP contribution is -2.23. The third-order valence-corrected chi connectivity index (χ3v) is 3.45. The highest BCUT2D eigenvalue weighted by Crippen LogP contribution is 2.23. The molecule has 0 amide bonds. The summed E-state index contributed by atoms with van der Waals surface area (Å²) in [4.78, 5) is 8.88. The van der Waals surface area contributed by atoms with Crippen LogP contribution in [0.2, 0.25) is 0 Å². The maximum absolute atomic E-state index is 4.51. The number of aromatic nitrogens is 2. The van der Waals surface area contributed by atoms with Crippen molar-refractivity contribution in [1.82, 2.24) is 9.97 Å². The number of aryl methyl sites for hydroxylation is 2. The molecule has 0 spiro atoms. The predicted molar refractivity (Wildman–Crippen MR) is 66.7 cm³/mol. The van der Waals surface area contributed by atoms with E-state index in [4.69, 9.17) is 0 Å². The van der Waals surface area contributed by atoms with Gasteiger partial charge < -0.3 is 5.32 Å². The molecule has 1 aromatic rings. The fourth-order valence-electron chi connectivity index (χ4n) is 2.35. The Labute approximate surface area is 97.7 Å². The molecular formula is C13H21N3. The number of hydrogen-bond acceptors (Lipinski definition) is 3. The van der Waals surface area contributed by atoms with E-state index in [9.17, 15) is 0 Å². The molecule has 1 N–H and O–H groups in total. The minimum Gasteiger partial charge on any atom is -0.367 e. The van der Waals surface area contributed by atoms with Crippen molar-refractivity contribution >= 4 is 5.82 Å². The Bertz CT molecular complexity index is 368. The van der Waals surface area contributed by atoms with Crippen LogP contribution >= 0.6 is 0 Å². The van der Waals surface area contributed by atoms with Gasteiger partial charge in [0.05, 0.1) is 0 Å². The van der Waals surface area contributed by atoms with E-state index >= 15 is 0 Å². The molecule has 2 rings (SSSR count). The molecule has 3 heteroatoms. The molecule has 0 bridgehead atoms. The van der Waals surface area contributed by atoms with E-state index in [1.807, 2.05) is 6.92 Å². The summed E-state index contributed by atoms with van der Waals surface area (Å²) in [5, 5.41) is 3.58. The van der Waals surface area contributed by atoms with E-state index < -0.39 is 0 Å². The third kappa shape index (κ3) is 2.52. The molecule has 16 heavy (non-hydrogen) atoms. The zero-order valence-electron chi connectivity index (χ0n) is 10.5. The first-order valence-electron chi connectivity index (χ1n) is 6.25. The maximum atomic E-state index is 4.51. The van der Waals surface area contributed by atoms with E-state index in [0.29, 0.717) is 6.04 Å². The molecule has 1 aliphatic rings. The van der Waals surface area contributed by atoms with Crippen molar-refractivity contribution in [3.05, 3.63) is 17.1 Å². The second kappa shape index (κ2) is 4.81. The van der Waals surface area contributed by atoms with Crippen LogP contribution in [-0.2, 0) is 0 Å². The molecule has 1 fully saturated rings. The van der Waals surface area contributed by atoms with Crippen molar-refractivity contribution in [3.63, 3.8) is 0 Å². The summed E-state index contributed by atoms with van der Waals surface area (Å²) in [5.41, 5.74) is 2.28. The van der Waals surface area contributed by atoms with Gasteiger partial charge in [0, 0.05) is 17.3 Å². The van der Waals surface area contributed by atoms with Crippen molar-refractivity contribution in [2.24, 2.45) is 0 Å². The molecular weight excluding hydrogens is 198 g/mol. The van der Waals surface area contributed by atoms with Gasteiger partial charge in [-0.1, -0.05) is 19.3 Å². The lowest BCUT2D eigenvalue weighted by molar-refractivity contribution is 0.461. The van der Waals surface area contributed by atoms with Crippen molar-refractivity contribution in [2.75, 3.05) is 5.32 Å². The van der Waals surface area contributed by atoms with E-state index in [-0.39, 0.29) is 0 Å². The van der Waals surface area contributed by atoms with Crippen LogP contribution in [0.15, 0.2) is 0 Å². The minimum atomic E-state index is 0.612. The van der Waals surface area contributed by atoms with Gasteiger partial charge in [-0.2, -0.15) is 0 Å². The summed E-state index contributed by atoms with van der Waals surface area (Å²) in [7, 11) is 0. The second-order valence-corrected chi connectivity index (χ2v) is 4.81. The average Bonchev–Trinajstić information content (AvgIpc) is 2.27. The zero-order chi connectivity index (χ0) is 11.5. The van der Waals surface area contributed by atoms with E-state index in [1.165, 1.54) is 37.7 Å². The Hall–Kier alpha value is -1.12. The van der Waals surface area contributed by atoms with Crippen LogP contribution in [0.25, 0.3) is 0 Å². The molecule has 3 nitrogen and oxygen atoms in total. The van der Waals surface area contributed by atoms with Gasteiger partial charge in [0.2, 0.25) is 0 Å². The molecule has 1 aromatic heterocycles. The smallest absolute Gasteiger partial charge is 0.133 e. The lowest BCUT2D eigenvalue weighted by Gasteiger charge is -2.24. The van der Waals surface area contributed by atoms with Crippen LogP contribution in [0.3, 0.4) is 0 Å². The first kappa shape index (κ1) is 11.4. The molecule has 1 aliphatic carbocycles. The summed E-state index contributed by atoms with van der Waals surface area (Å²) in [6.07, 6.45) is 6.64. The summed E-state index contributed by atoms with van der Waals surface area (Å²) in [6.45, 7) is 6.11. The quantitative estimate of drug-likeness (QED) is 0.830. The number of rotatable bonds is 2. The average molecular weight is 219 g/mol. The standard InChI is InChI=1S/C13H21N3/c1-9-10(2)14-11(3)15-13(9)16-12-7-5-4-6-8-12/h12H,4-8H2,1-3H3,(H,14,15,16). The Kier molecular flexibility index (Phi) is 3.42. The molecule has 0 saturated heterocycles. The van der Waals surface area contributed by atoms with Crippen molar-refractivity contribution in [2.45, 2.75) is 58.9 Å². The number of anilines is 1. The highest BCUT2D eigenvalue weighted by Gasteiger charge is 2.15. The largest absolute Gasteiger partial charge is 0.367 e. The first-order chi connectivity index (χ1) is 7.66. The van der Waals surface area contributed by atoms with Crippen molar-refractivity contribution in [3.8, 4) is 0 Å². The predicted octanol–water partition coefficient (Wildman–Crippen LogP) is 3.15. The van der Waals surface area contributed by atoms with E-state index in [2.05, 4.69) is 29.1 Å². The van der Waals surface area contributed by atoms with Gasteiger partial charge in [-0.05, 0) is 33.6 Å². The van der Waals surface area contributed by atoms with Crippen molar-refractivity contribution < 1.29 is 0 Å². The molecule has 1 heterocycles. The summed E-state index contributed by atoms with van der Waals surface area (Å²) < 4.78 is 0. The fourth-order valence-corrected chi connectivity index (χ4v) is 2.35. The summed E-state index contributed by atoms with van der Waals surface area (Å²) >= 11 is 0. The van der Waals surface area contributed by atoms with Crippen LogP contribution in [0.1, 0.15) is 49.2 Å². The number of nitrogens with one attached hydrogen (secondary N) is 1. The van der Waals surface area contributed by atoms with Gasteiger partial charge in [0.25, 0.3) is 0 Å². The minimum absolute atomic E-state index is 0.612. The fraction of sp³-hybridized carbons (Fsp3) is 0.692. The zero-order valence-corrected chi connectivity index (χ0v) is 10.5. The molecule has 0 unspecified atom stereocenters. The first-order valence-corrected chi connectivity index (χ1v) is 6.25. The van der Waals surface area contributed by atoms with Gasteiger partial charge in [0.1, 0.15) is 11.6 Å². The molecule has 0 aromatic carbocycles. The number of hydrogen-bond donors (Lipinski definition) is 1. The molecule has 1 saturated carbocycles. The Morgan fingerprint density at radius 2 is 1.69 bits per heavy atom. The maximum Gasteiger partial charge on any atom is 0.133 e. The molecule has 0 aliphatic heterocycles. The molecule has 88 valence electrons. The topological polar surface area (TPSA) is 37.8 Å². The highest BCUT2D eigenvalue weighted by molar-refractivity contribution is 5.46. The van der Waals surface area contributed by atoms with E-state index in [1.54, 1.807) is 0 Å². The summed E-state index contributed by atoms with van der Waals surface area (Å²) in [5.74, 6) is 1.90. The number of nitrogens with zero attached hydrogens (tertiary/aromatic N) is 2. The van der Waals surface area contributed by atoms with Crippen LogP contribution in [0, 0.1) is 20.8 Å². The van der Waals surface area contributed by atoms with Gasteiger partial charge in [-0.25, -0.2) is 9.97 Å². The summed E-state index contributed by atoms with van der Waals surface area (Å²) in [6, 6.07) is 0.612. The highest BCUT2D eigenvalue weighted by atomic mass is 15.1. The Morgan fingerprint density at radius 1 is 1.00 bits per heavy atom. The Balaban J connectivity index is 2.13. The van der Waals surface area contributed by atoms with Gasteiger partial charge in [0.15, 0.2) is 0 Å². The van der Waals surface area contributed by atoms with Gasteiger partial charge in [-0.3, -0.25) is 0 Å². The lowest BCUT2D eigenvalue weighted by atomic mass is 9.95.